The largest absolute Gasteiger partial charge is 0.311 e. The summed E-state index contributed by atoms with van der Waals surface area (Å²) in [5.74, 6) is 0. The molecule has 0 radical (unpaired) electrons. The first-order valence-electron chi connectivity index (χ1n) is 4.12. The van der Waals surface area contributed by atoms with E-state index in [2.05, 4.69) is 22.2 Å². The molecule has 0 aliphatic carbocycles. The third kappa shape index (κ3) is 1.70. The van der Waals surface area contributed by atoms with Gasteiger partial charge in [0.25, 0.3) is 0 Å². The van der Waals surface area contributed by atoms with Crippen LogP contribution in [0, 0.1) is 0 Å². The highest BCUT2D eigenvalue weighted by Crippen LogP contribution is 2.19. The second-order valence-electron chi connectivity index (χ2n) is 3.09. The average molecular weight is 212 g/mol. The Balaban J connectivity index is 2.21. The predicted octanol–water partition coefficient (Wildman–Crippen LogP) is 0.296. The molecular weight excluding hydrogens is 202 g/mol. The van der Waals surface area contributed by atoms with E-state index in [0.717, 1.165) is 11.3 Å². The molecule has 0 saturated carbocycles. The fraction of sp³-hybridized carbons (Fsp3) is 0.250. The van der Waals surface area contributed by atoms with Crippen LogP contribution in [0.1, 0.15) is 0 Å². The van der Waals surface area contributed by atoms with Gasteiger partial charge in [-0.1, -0.05) is 18.2 Å². The molecule has 3 N–H and O–H groups in total. The summed E-state index contributed by atoms with van der Waals surface area (Å²) in [7, 11) is 0. The highest BCUT2D eigenvalue weighted by molar-refractivity contribution is 6.29. The third-order valence-corrected chi connectivity index (χ3v) is 2.20. The zero-order valence-electron chi connectivity index (χ0n) is 7.44. The Labute approximate surface area is 86.5 Å². The van der Waals surface area contributed by atoms with Crippen molar-refractivity contribution in [3.8, 4) is 0 Å². The normalized spacial score (nSPS) is 21.7. The van der Waals surface area contributed by atoms with Crippen LogP contribution in [0.15, 0.2) is 24.4 Å². The van der Waals surface area contributed by atoms with E-state index < -0.39 is 0 Å². The van der Waals surface area contributed by atoms with Crippen molar-refractivity contribution in [2.75, 3.05) is 11.6 Å². The van der Waals surface area contributed by atoms with Crippen molar-refractivity contribution >= 4 is 17.3 Å². The van der Waals surface area contributed by atoms with Gasteiger partial charge in [0.15, 0.2) is 5.15 Å². The van der Waals surface area contributed by atoms with Gasteiger partial charge in [-0.15, -0.1) is 5.10 Å². The molecule has 14 heavy (non-hydrogen) atoms. The van der Waals surface area contributed by atoms with Gasteiger partial charge in [-0.05, 0) is 5.57 Å². The van der Waals surface area contributed by atoms with Crippen molar-refractivity contribution < 1.29 is 0 Å². The lowest BCUT2D eigenvalue weighted by Gasteiger charge is -2.17. The summed E-state index contributed by atoms with van der Waals surface area (Å²) in [6, 6.07) is 1.72. The number of anilines is 1. The number of nitrogens with one attached hydrogen (secondary N) is 1. The number of aromatic nitrogens is 2. The molecule has 1 aromatic rings. The number of hydrogen-bond donors (Lipinski definition) is 2. The minimum Gasteiger partial charge on any atom is -0.311 e. The Hall–Kier alpha value is -1.17. The highest BCUT2D eigenvalue weighted by atomic mass is 35.5. The fourth-order valence-corrected chi connectivity index (χ4v) is 1.41. The molecule has 1 fully saturated rings. The number of nitrogens with two attached hydrogens (primary N) is 1. The molecule has 1 aliphatic rings. The number of halogens is 1. The molecule has 0 spiro atoms. The molecule has 0 amide bonds. The van der Waals surface area contributed by atoms with E-state index in [1.165, 1.54) is 0 Å². The topological polar surface area (TPSA) is 67.1 Å². The highest BCUT2D eigenvalue weighted by Gasteiger charge is 2.22. The molecule has 0 bridgehead atoms. The molecule has 6 heteroatoms. The maximum absolute atomic E-state index is 5.72. The van der Waals surface area contributed by atoms with Gasteiger partial charge in [-0.2, -0.15) is 5.10 Å². The SMILES string of the molecule is C=C1CN(c2cnnc(Cl)c2)NC1N. The number of hydrogen-bond acceptors (Lipinski definition) is 5. The molecule has 5 nitrogen and oxygen atoms in total. The molecule has 1 saturated heterocycles. The molecular formula is C8H10ClN5. The van der Waals surface area contributed by atoms with Gasteiger partial charge < -0.3 is 10.7 Å². The van der Waals surface area contributed by atoms with Gasteiger partial charge >= 0.3 is 0 Å². The van der Waals surface area contributed by atoms with Gasteiger partial charge in [0.1, 0.15) is 0 Å². The zero-order valence-corrected chi connectivity index (χ0v) is 8.20. The summed E-state index contributed by atoms with van der Waals surface area (Å²) in [6.45, 7) is 4.49. The maximum atomic E-state index is 5.72. The lowest BCUT2D eigenvalue weighted by Crippen LogP contribution is -2.40. The van der Waals surface area contributed by atoms with Crippen LogP contribution in [0.5, 0.6) is 0 Å². The molecule has 1 aliphatic heterocycles. The molecule has 2 heterocycles. The minimum absolute atomic E-state index is 0.207. The van der Waals surface area contributed by atoms with Crippen molar-refractivity contribution in [2.24, 2.45) is 5.73 Å². The average Bonchev–Trinajstić information content (AvgIpc) is 2.47. The monoisotopic (exact) mass is 211 g/mol. The molecule has 74 valence electrons. The summed E-state index contributed by atoms with van der Waals surface area (Å²) in [6.07, 6.45) is 1.41. The quantitative estimate of drug-likeness (QED) is 0.654. The summed E-state index contributed by atoms with van der Waals surface area (Å²) < 4.78 is 0. The van der Waals surface area contributed by atoms with Crippen LogP contribution in [-0.4, -0.2) is 22.9 Å². The first-order chi connectivity index (χ1) is 6.66. The van der Waals surface area contributed by atoms with Crippen LogP contribution in [-0.2, 0) is 0 Å². The first kappa shape index (κ1) is 9.39. The Morgan fingerprint density at radius 2 is 2.50 bits per heavy atom. The van der Waals surface area contributed by atoms with Crippen molar-refractivity contribution in [3.63, 3.8) is 0 Å². The van der Waals surface area contributed by atoms with Crippen LogP contribution in [0.4, 0.5) is 5.69 Å². The van der Waals surface area contributed by atoms with Gasteiger partial charge in [-0.3, -0.25) is 0 Å². The van der Waals surface area contributed by atoms with E-state index in [9.17, 15) is 0 Å². The third-order valence-electron chi connectivity index (χ3n) is 2.02. The van der Waals surface area contributed by atoms with E-state index in [4.69, 9.17) is 17.3 Å². The van der Waals surface area contributed by atoms with Crippen LogP contribution in [0.2, 0.25) is 5.15 Å². The standard InChI is InChI=1S/C8H10ClN5/c1-5-4-14(13-8(5)10)6-2-7(9)12-11-3-6/h2-3,8,13H,1,4,10H2. The van der Waals surface area contributed by atoms with Gasteiger partial charge in [0, 0.05) is 6.07 Å². The number of hydrazine groups is 1. The lowest BCUT2D eigenvalue weighted by atomic mass is 10.3. The summed E-state index contributed by atoms with van der Waals surface area (Å²) >= 11 is 5.71. The maximum Gasteiger partial charge on any atom is 0.153 e. The second kappa shape index (κ2) is 3.53. The Morgan fingerprint density at radius 3 is 3.07 bits per heavy atom. The second-order valence-corrected chi connectivity index (χ2v) is 3.47. The van der Waals surface area contributed by atoms with E-state index in [-0.39, 0.29) is 6.17 Å². The van der Waals surface area contributed by atoms with Crippen molar-refractivity contribution in [1.82, 2.24) is 15.6 Å². The molecule has 1 atom stereocenters. The minimum atomic E-state index is -0.207. The van der Waals surface area contributed by atoms with Crippen molar-refractivity contribution in [2.45, 2.75) is 6.17 Å². The Bertz CT molecular complexity index is 367. The van der Waals surface area contributed by atoms with E-state index in [1.807, 2.05) is 5.01 Å². The number of nitrogens with zero attached hydrogens (tertiary/aromatic N) is 3. The van der Waals surface area contributed by atoms with E-state index in [0.29, 0.717) is 11.7 Å². The lowest BCUT2D eigenvalue weighted by molar-refractivity contribution is 0.655. The zero-order chi connectivity index (χ0) is 10.1. The van der Waals surface area contributed by atoms with Gasteiger partial charge in [0.2, 0.25) is 0 Å². The van der Waals surface area contributed by atoms with Crippen LogP contribution >= 0.6 is 11.6 Å². The molecule has 0 aromatic carbocycles. The van der Waals surface area contributed by atoms with Gasteiger partial charge in [0.05, 0.1) is 24.6 Å². The Morgan fingerprint density at radius 1 is 1.71 bits per heavy atom. The van der Waals surface area contributed by atoms with Gasteiger partial charge in [-0.25, -0.2) is 5.43 Å². The number of rotatable bonds is 1. The first-order valence-corrected chi connectivity index (χ1v) is 4.50. The summed E-state index contributed by atoms with van der Waals surface area (Å²) in [4.78, 5) is 0. The molecule has 1 unspecified atom stereocenters. The molecule has 2 rings (SSSR count). The van der Waals surface area contributed by atoms with Crippen LogP contribution in [0.25, 0.3) is 0 Å². The van der Waals surface area contributed by atoms with Crippen molar-refractivity contribution in [3.05, 3.63) is 29.6 Å². The predicted molar refractivity (Wildman–Crippen MR) is 54.6 cm³/mol. The molecule has 1 aromatic heterocycles. The van der Waals surface area contributed by atoms with Crippen LogP contribution in [0.3, 0.4) is 0 Å². The van der Waals surface area contributed by atoms with E-state index in [1.54, 1.807) is 12.3 Å². The van der Waals surface area contributed by atoms with E-state index >= 15 is 0 Å². The van der Waals surface area contributed by atoms with Crippen LogP contribution < -0.4 is 16.2 Å². The summed E-state index contributed by atoms with van der Waals surface area (Å²) in [5.41, 5.74) is 10.5. The fourth-order valence-electron chi connectivity index (χ4n) is 1.25. The smallest absolute Gasteiger partial charge is 0.153 e. The van der Waals surface area contributed by atoms with Crippen molar-refractivity contribution in [1.29, 1.82) is 0 Å². The summed E-state index contributed by atoms with van der Waals surface area (Å²) in [5, 5.41) is 9.60. The Kier molecular flexibility index (Phi) is 2.37.